The monoisotopic (exact) mass is 342 g/mol. The second-order valence-electron chi connectivity index (χ2n) is 5.64. The van der Waals surface area contributed by atoms with Crippen LogP contribution in [-0.2, 0) is 6.54 Å². The molecule has 0 aliphatic carbocycles. The van der Waals surface area contributed by atoms with Gasteiger partial charge in [-0.05, 0) is 30.9 Å². The fraction of sp³-hybridized carbons (Fsp3) is 0.600. The van der Waals surface area contributed by atoms with Gasteiger partial charge in [-0.3, -0.25) is 10.1 Å². The average Bonchev–Trinajstić information content (AvgIpc) is 2.36. The summed E-state index contributed by atoms with van der Waals surface area (Å²) in [5.74, 6) is 0.756. The van der Waals surface area contributed by atoms with Crippen molar-refractivity contribution in [2.24, 2.45) is 5.92 Å². The number of benzene rings is 1. The Morgan fingerprint density at radius 1 is 1.30 bits per heavy atom. The highest BCUT2D eigenvalue weighted by Gasteiger charge is 2.10. The Labute approximate surface area is 129 Å². The summed E-state index contributed by atoms with van der Waals surface area (Å²) in [6.45, 7) is 7.39. The molecule has 1 atom stereocenters. The Hall–Kier alpha value is -0.940. The van der Waals surface area contributed by atoms with Crippen molar-refractivity contribution in [3.63, 3.8) is 0 Å². The van der Waals surface area contributed by atoms with E-state index in [2.05, 4.69) is 42.0 Å². The van der Waals surface area contributed by atoms with Crippen LogP contribution in [-0.4, -0.2) is 11.0 Å². The predicted molar refractivity (Wildman–Crippen MR) is 85.8 cm³/mol. The highest BCUT2D eigenvalue weighted by molar-refractivity contribution is 9.10. The van der Waals surface area contributed by atoms with Gasteiger partial charge in [0.1, 0.15) is 0 Å². The fourth-order valence-electron chi connectivity index (χ4n) is 2.01. The highest BCUT2D eigenvalue weighted by Crippen LogP contribution is 2.23. The van der Waals surface area contributed by atoms with E-state index < -0.39 is 0 Å². The van der Waals surface area contributed by atoms with Crippen LogP contribution in [0.5, 0.6) is 0 Å². The topological polar surface area (TPSA) is 55.2 Å². The van der Waals surface area contributed by atoms with Gasteiger partial charge in [0.05, 0.1) is 4.92 Å². The summed E-state index contributed by atoms with van der Waals surface area (Å²) in [5, 5.41) is 14.1. The van der Waals surface area contributed by atoms with E-state index in [0.717, 1.165) is 28.9 Å². The SMILES string of the molecule is CC(C)CCCC(C)NCc1ccc([N+](=O)[O-])cc1Br. The summed E-state index contributed by atoms with van der Waals surface area (Å²) in [7, 11) is 0. The van der Waals surface area contributed by atoms with Crippen molar-refractivity contribution in [3.05, 3.63) is 38.3 Å². The lowest BCUT2D eigenvalue weighted by Crippen LogP contribution is -2.25. The van der Waals surface area contributed by atoms with Gasteiger partial charge in [0.15, 0.2) is 0 Å². The number of hydrogen-bond acceptors (Lipinski definition) is 3. The second kappa shape index (κ2) is 8.37. The highest BCUT2D eigenvalue weighted by atomic mass is 79.9. The van der Waals surface area contributed by atoms with E-state index in [-0.39, 0.29) is 10.6 Å². The maximum absolute atomic E-state index is 10.7. The van der Waals surface area contributed by atoms with Gasteiger partial charge in [-0.15, -0.1) is 0 Å². The van der Waals surface area contributed by atoms with Gasteiger partial charge in [0, 0.05) is 29.2 Å². The van der Waals surface area contributed by atoms with Crippen LogP contribution < -0.4 is 5.32 Å². The Morgan fingerprint density at radius 3 is 2.55 bits per heavy atom. The van der Waals surface area contributed by atoms with Crippen molar-refractivity contribution in [1.29, 1.82) is 0 Å². The van der Waals surface area contributed by atoms with Crippen molar-refractivity contribution in [3.8, 4) is 0 Å². The third kappa shape index (κ3) is 6.01. The molecule has 0 aliphatic heterocycles. The maximum Gasteiger partial charge on any atom is 0.270 e. The number of nitro groups is 1. The minimum atomic E-state index is -0.378. The molecule has 1 aromatic rings. The second-order valence-corrected chi connectivity index (χ2v) is 6.49. The lowest BCUT2D eigenvalue weighted by atomic mass is 10.0. The van der Waals surface area contributed by atoms with Crippen LogP contribution in [0.15, 0.2) is 22.7 Å². The van der Waals surface area contributed by atoms with Crippen molar-refractivity contribution >= 4 is 21.6 Å². The van der Waals surface area contributed by atoms with E-state index in [4.69, 9.17) is 0 Å². The zero-order valence-corrected chi connectivity index (χ0v) is 13.9. The Balaban J connectivity index is 2.43. The molecule has 0 fully saturated rings. The summed E-state index contributed by atoms with van der Waals surface area (Å²) in [6.07, 6.45) is 3.64. The number of nitrogens with one attached hydrogen (secondary N) is 1. The van der Waals surface area contributed by atoms with E-state index in [1.165, 1.54) is 12.8 Å². The molecule has 5 heteroatoms. The molecule has 20 heavy (non-hydrogen) atoms. The number of non-ortho nitro benzene ring substituents is 1. The molecular formula is C15H23BrN2O2. The van der Waals surface area contributed by atoms with Crippen LogP contribution in [0.1, 0.15) is 45.6 Å². The van der Waals surface area contributed by atoms with E-state index in [9.17, 15) is 10.1 Å². The summed E-state index contributed by atoms with van der Waals surface area (Å²) in [5.41, 5.74) is 1.16. The molecule has 0 spiro atoms. The van der Waals surface area contributed by atoms with Crippen LogP contribution in [0.4, 0.5) is 5.69 Å². The zero-order chi connectivity index (χ0) is 15.1. The van der Waals surface area contributed by atoms with Gasteiger partial charge in [0.2, 0.25) is 0 Å². The van der Waals surface area contributed by atoms with E-state index in [1.54, 1.807) is 18.2 Å². The smallest absolute Gasteiger partial charge is 0.270 e. The van der Waals surface area contributed by atoms with Crippen molar-refractivity contribution in [2.45, 2.75) is 52.6 Å². The molecule has 4 nitrogen and oxygen atoms in total. The van der Waals surface area contributed by atoms with Gasteiger partial charge in [0.25, 0.3) is 5.69 Å². The van der Waals surface area contributed by atoms with Crippen molar-refractivity contribution < 1.29 is 4.92 Å². The largest absolute Gasteiger partial charge is 0.310 e. The average molecular weight is 343 g/mol. The standard InChI is InChI=1S/C15H23BrN2O2/c1-11(2)5-4-6-12(3)17-10-13-7-8-14(18(19)20)9-15(13)16/h7-9,11-12,17H,4-6,10H2,1-3H3. The molecule has 0 amide bonds. The molecule has 1 rings (SSSR count). The lowest BCUT2D eigenvalue weighted by Gasteiger charge is -2.15. The van der Waals surface area contributed by atoms with Gasteiger partial charge in [-0.2, -0.15) is 0 Å². The first-order valence-corrected chi connectivity index (χ1v) is 7.85. The predicted octanol–water partition coefficient (Wildman–Crippen LogP) is 4.66. The first-order chi connectivity index (χ1) is 9.40. The fourth-order valence-corrected chi connectivity index (χ4v) is 2.52. The quantitative estimate of drug-likeness (QED) is 0.552. The minimum absolute atomic E-state index is 0.116. The molecule has 0 aliphatic rings. The molecule has 0 heterocycles. The molecule has 0 saturated heterocycles. The molecular weight excluding hydrogens is 320 g/mol. The zero-order valence-electron chi connectivity index (χ0n) is 12.4. The first kappa shape index (κ1) is 17.1. The van der Waals surface area contributed by atoms with E-state index in [1.807, 2.05) is 0 Å². The number of hydrogen-bond donors (Lipinski definition) is 1. The van der Waals surface area contributed by atoms with Crippen LogP contribution in [0, 0.1) is 16.0 Å². The van der Waals surface area contributed by atoms with Gasteiger partial charge >= 0.3 is 0 Å². The van der Waals surface area contributed by atoms with E-state index >= 15 is 0 Å². The van der Waals surface area contributed by atoms with Crippen LogP contribution in [0.3, 0.4) is 0 Å². The third-order valence-electron chi connectivity index (χ3n) is 3.31. The molecule has 1 unspecified atom stereocenters. The number of rotatable bonds is 8. The van der Waals surface area contributed by atoms with Gasteiger partial charge in [-0.1, -0.05) is 42.6 Å². The van der Waals surface area contributed by atoms with E-state index in [0.29, 0.717) is 6.04 Å². The first-order valence-electron chi connectivity index (χ1n) is 7.06. The Bertz CT molecular complexity index is 449. The van der Waals surface area contributed by atoms with Gasteiger partial charge < -0.3 is 5.32 Å². The molecule has 1 aromatic carbocycles. The van der Waals surface area contributed by atoms with Crippen LogP contribution in [0.2, 0.25) is 0 Å². The molecule has 0 bridgehead atoms. The van der Waals surface area contributed by atoms with Crippen molar-refractivity contribution in [1.82, 2.24) is 5.32 Å². The Kier molecular flexibility index (Phi) is 7.16. The maximum atomic E-state index is 10.7. The normalized spacial score (nSPS) is 12.7. The molecule has 0 radical (unpaired) electrons. The number of nitrogens with zero attached hydrogens (tertiary/aromatic N) is 1. The summed E-state index contributed by atoms with van der Waals surface area (Å²) >= 11 is 3.39. The van der Waals surface area contributed by atoms with Crippen LogP contribution in [0.25, 0.3) is 0 Å². The molecule has 0 aromatic heterocycles. The van der Waals surface area contributed by atoms with Crippen molar-refractivity contribution in [2.75, 3.05) is 0 Å². The van der Waals surface area contributed by atoms with Crippen LogP contribution >= 0.6 is 15.9 Å². The summed E-state index contributed by atoms with van der Waals surface area (Å²) in [6, 6.07) is 5.36. The Morgan fingerprint density at radius 2 is 2.00 bits per heavy atom. The summed E-state index contributed by atoms with van der Waals surface area (Å²) < 4.78 is 0.786. The minimum Gasteiger partial charge on any atom is -0.310 e. The third-order valence-corrected chi connectivity index (χ3v) is 4.05. The van der Waals surface area contributed by atoms with Gasteiger partial charge in [-0.25, -0.2) is 0 Å². The number of nitro benzene ring substituents is 1. The molecule has 112 valence electrons. The lowest BCUT2D eigenvalue weighted by molar-refractivity contribution is -0.384. The molecule has 1 N–H and O–H groups in total. The molecule has 0 saturated carbocycles. The summed E-state index contributed by atoms with van der Waals surface area (Å²) in [4.78, 5) is 10.3. The number of halogens is 1.